The van der Waals surface area contributed by atoms with Crippen LogP contribution in [0.15, 0.2) is 47.6 Å². The van der Waals surface area contributed by atoms with E-state index in [1.807, 2.05) is 37.3 Å². The molecule has 1 aromatic carbocycles. The average molecular weight is 523 g/mol. The molecular weight excluding hydrogens is 498 g/mol. The van der Waals surface area contributed by atoms with Crippen LogP contribution in [0, 0.1) is 0 Å². The third-order valence-corrected chi connectivity index (χ3v) is 4.22. The molecule has 2 rings (SSSR count). The molecule has 0 aliphatic rings. The molecule has 0 bridgehead atoms. The first-order valence-corrected chi connectivity index (χ1v) is 9.28. The topological polar surface area (TPSA) is 58.5 Å². The highest BCUT2D eigenvalue weighted by Crippen LogP contribution is 2.20. The van der Waals surface area contributed by atoms with Crippen molar-refractivity contribution >= 4 is 53.1 Å². The fourth-order valence-electron chi connectivity index (χ4n) is 2.42. The van der Waals surface area contributed by atoms with Crippen LogP contribution in [0.5, 0.6) is 0 Å². The van der Waals surface area contributed by atoms with Crippen molar-refractivity contribution < 1.29 is 4.74 Å². The van der Waals surface area contributed by atoms with Crippen LogP contribution < -0.4 is 10.6 Å². The number of halogens is 3. The van der Waals surface area contributed by atoms with Crippen LogP contribution in [0.1, 0.15) is 24.2 Å². The minimum atomic E-state index is -0.148. The number of hydrogen-bond acceptors (Lipinski definition) is 3. The molecule has 0 spiro atoms. The zero-order chi connectivity index (χ0) is 18.8. The van der Waals surface area contributed by atoms with Gasteiger partial charge in [0.15, 0.2) is 5.96 Å². The Bertz CT molecular complexity index is 713. The molecule has 0 saturated heterocycles. The number of guanidine groups is 1. The van der Waals surface area contributed by atoms with Crippen molar-refractivity contribution in [2.75, 3.05) is 26.7 Å². The number of pyridine rings is 1. The largest absolute Gasteiger partial charge is 0.375 e. The van der Waals surface area contributed by atoms with E-state index in [4.69, 9.17) is 27.9 Å². The molecule has 0 radical (unpaired) electrons. The second-order valence-corrected chi connectivity index (χ2v) is 6.49. The van der Waals surface area contributed by atoms with Crippen LogP contribution in [0.25, 0.3) is 0 Å². The van der Waals surface area contributed by atoms with E-state index in [2.05, 4.69) is 20.6 Å². The van der Waals surface area contributed by atoms with E-state index >= 15 is 0 Å². The quantitative estimate of drug-likeness (QED) is 0.232. The van der Waals surface area contributed by atoms with E-state index in [0.717, 1.165) is 36.6 Å². The highest BCUT2D eigenvalue weighted by molar-refractivity contribution is 14.0. The SMILES string of the molecule is CCNC(=NCC(OC)c1cccc(Cl)c1)NCCc1ccc(Cl)nc1.I. The number of nitrogens with zero attached hydrogens (tertiary/aromatic N) is 2. The molecule has 2 N–H and O–H groups in total. The van der Waals surface area contributed by atoms with Crippen molar-refractivity contribution in [1.82, 2.24) is 15.6 Å². The summed E-state index contributed by atoms with van der Waals surface area (Å²) in [6.45, 7) is 4.05. The first kappa shape index (κ1) is 23.9. The van der Waals surface area contributed by atoms with Gasteiger partial charge in [0.05, 0.1) is 6.54 Å². The highest BCUT2D eigenvalue weighted by Gasteiger charge is 2.11. The van der Waals surface area contributed by atoms with Crippen molar-refractivity contribution in [1.29, 1.82) is 0 Å². The lowest BCUT2D eigenvalue weighted by molar-refractivity contribution is 0.111. The molecule has 0 fully saturated rings. The van der Waals surface area contributed by atoms with Crippen molar-refractivity contribution in [2.45, 2.75) is 19.4 Å². The maximum absolute atomic E-state index is 6.07. The molecular formula is C19H25Cl2IN4O. The van der Waals surface area contributed by atoms with Gasteiger partial charge in [0.25, 0.3) is 0 Å². The van der Waals surface area contributed by atoms with Gasteiger partial charge in [-0.2, -0.15) is 0 Å². The van der Waals surface area contributed by atoms with E-state index in [-0.39, 0.29) is 30.1 Å². The summed E-state index contributed by atoms with van der Waals surface area (Å²) in [5, 5.41) is 7.76. The molecule has 8 heteroatoms. The first-order chi connectivity index (χ1) is 12.6. The number of aliphatic imine (C=N–C) groups is 1. The Morgan fingerprint density at radius 3 is 2.67 bits per heavy atom. The third kappa shape index (κ3) is 8.64. The van der Waals surface area contributed by atoms with Crippen LogP contribution in [0.3, 0.4) is 0 Å². The van der Waals surface area contributed by atoms with Gasteiger partial charge in [-0.15, -0.1) is 24.0 Å². The minimum absolute atomic E-state index is 0. The Morgan fingerprint density at radius 2 is 2.04 bits per heavy atom. The molecule has 0 aliphatic carbocycles. The molecule has 1 atom stereocenters. The Morgan fingerprint density at radius 1 is 1.22 bits per heavy atom. The van der Waals surface area contributed by atoms with Crippen molar-refractivity contribution in [3.05, 3.63) is 63.9 Å². The van der Waals surface area contributed by atoms with E-state index in [1.54, 1.807) is 19.4 Å². The van der Waals surface area contributed by atoms with E-state index < -0.39 is 0 Å². The lowest BCUT2D eigenvalue weighted by Crippen LogP contribution is -2.38. The van der Waals surface area contributed by atoms with Crippen molar-refractivity contribution in [3.8, 4) is 0 Å². The van der Waals surface area contributed by atoms with Gasteiger partial charge >= 0.3 is 0 Å². The maximum Gasteiger partial charge on any atom is 0.191 e. The minimum Gasteiger partial charge on any atom is -0.375 e. The fourth-order valence-corrected chi connectivity index (χ4v) is 2.73. The lowest BCUT2D eigenvalue weighted by Gasteiger charge is -2.16. The standard InChI is InChI=1S/C19H24Cl2N4O.HI/c1-3-22-19(23-10-9-14-7-8-18(21)24-12-14)25-13-17(26-2)15-5-4-6-16(20)11-15;/h4-8,11-12,17H,3,9-10,13H2,1-2H3,(H2,22,23,25);1H. The number of ether oxygens (including phenoxy) is 1. The van der Waals surface area contributed by atoms with Gasteiger partial charge in [-0.05, 0) is 42.7 Å². The smallest absolute Gasteiger partial charge is 0.191 e. The number of aromatic nitrogens is 1. The second kappa shape index (κ2) is 13.1. The van der Waals surface area contributed by atoms with Crippen LogP contribution in [-0.4, -0.2) is 37.7 Å². The number of methoxy groups -OCH3 is 1. The summed E-state index contributed by atoms with van der Waals surface area (Å²) in [5.41, 5.74) is 2.12. The molecule has 0 aliphatic heterocycles. The predicted octanol–water partition coefficient (Wildman–Crippen LogP) is 4.49. The molecule has 2 aromatic rings. The van der Waals surface area contributed by atoms with E-state index in [0.29, 0.717) is 16.7 Å². The van der Waals surface area contributed by atoms with E-state index in [9.17, 15) is 0 Å². The average Bonchev–Trinajstić information content (AvgIpc) is 2.64. The molecule has 27 heavy (non-hydrogen) atoms. The summed E-state index contributed by atoms with van der Waals surface area (Å²) in [6, 6.07) is 11.4. The monoisotopic (exact) mass is 522 g/mol. The van der Waals surface area contributed by atoms with Crippen LogP contribution in [0.2, 0.25) is 10.2 Å². The number of rotatable bonds is 8. The van der Waals surface area contributed by atoms with Gasteiger partial charge in [0.2, 0.25) is 0 Å². The third-order valence-electron chi connectivity index (χ3n) is 3.76. The zero-order valence-corrected chi connectivity index (χ0v) is 19.3. The van der Waals surface area contributed by atoms with Crippen LogP contribution >= 0.6 is 47.2 Å². The normalized spacial score (nSPS) is 12.2. The molecule has 1 heterocycles. The number of benzene rings is 1. The van der Waals surface area contributed by atoms with Crippen molar-refractivity contribution in [2.24, 2.45) is 4.99 Å². The van der Waals surface area contributed by atoms with Gasteiger partial charge in [-0.1, -0.05) is 41.4 Å². The van der Waals surface area contributed by atoms with Crippen molar-refractivity contribution in [3.63, 3.8) is 0 Å². The summed E-state index contributed by atoms with van der Waals surface area (Å²) in [7, 11) is 1.68. The molecule has 148 valence electrons. The highest BCUT2D eigenvalue weighted by atomic mass is 127. The van der Waals surface area contributed by atoms with Gasteiger partial charge in [0.1, 0.15) is 11.3 Å². The maximum atomic E-state index is 6.07. The number of hydrogen-bond donors (Lipinski definition) is 2. The van der Waals surface area contributed by atoms with Crippen LogP contribution in [-0.2, 0) is 11.2 Å². The molecule has 1 aromatic heterocycles. The molecule has 1 unspecified atom stereocenters. The summed E-state index contributed by atoms with van der Waals surface area (Å²) in [4.78, 5) is 8.71. The summed E-state index contributed by atoms with van der Waals surface area (Å²) in [6.07, 6.45) is 2.47. The number of nitrogens with one attached hydrogen (secondary N) is 2. The molecule has 0 amide bonds. The zero-order valence-electron chi connectivity index (χ0n) is 15.4. The van der Waals surface area contributed by atoms with E-state index in [1.165, 1.54) is 0 Å². The molecule has 5 nitrogen and oxygen atoms in total. The Kier molecular flexibility index (Phi) is 11.7. The van der Waals surface area contributed by atoms with Crippen LogP contribution in [0.4, 0.5) is 0 Å². The molecule has 0 saturated carbocycles. The first-order valence-electron chi connectivity index (χ1n) is 8.53. The van der Waals surface area contributed by atoms with Gasteiger partial charge < -0.3 is 15.4 Å². The summed E-state index contributed by atoms with van der Waals surface area (Å²) < 4.78 is 5.56. The Balaban J connectivity index is 0.00000364. The Labute approximate surface area is 187 Å². The lowest BCUT2D eigenvalue weighted by atomic mass is 10.1. The van der Waals surface area contributed by atoms with Gasteiger partial charge in [-0.3, -0.25) is 4.99 Å². The van der Waals surface area contributed by atoms with Gasteiger partial charge in [-0.25, -0.2) is 4.98 Å². The summed E-state index contributed by atoms with van der Waals surface area (Å²) >= 11 is 11.9. The predicted molar refractivity (Wildman–Crippen MR) is 124 cm³/mol. The Hall–Kier alpha value is -1.09. The fraction of sp³-hybridized carbons (Fsp3) is 0.368. The second-order valence-electron chi connectivity index (χ2n) is 5.66. The summed E-state index contributed by atoms with van der Waals surface area (Å²) in [5.74, 6) is 0.749. The van der Waals surface area contributed by atoms with Gasteiger partial charge in [0, 0.05) is 31.4 Å².